The lowest BCUT2D eigenvalue weighted by atomic mass is 9.88. The summed E-state index contributed by atoms with van der Waals surface area (Å²) in [4.78, 5) is 12.3. The predicted molar refractivity (Wildman–Crippen MR) is 103 cm³/mol. The maximum atomic E-state index is 12.3. The molecule has 1 amide bonds. The predicted octanol–water partition coefficient (Wildman–Crippen LogP) is 4.58. The van der Waals surface area contributed by atoms with Crippen LogP contribution in [0.3, 0.4) is 0 Å². The monoisotopic (exact) mass is 362 g/mol. The van der Waals surface area contributed by atoms with Gasteiger partial charge in [0.15, 0.2) is 5.82 Å². The number of nitrogens with one attached hydrogen (secondary N) is 1. The molecule has 0 spiro atoms. The second kappa shape index (κ2) is 8.03. The van der Waals surface area contributed by atoms with Crippen molar-refractivity contribution in [3.05, 3.63) is 60.9 Å². The van der Waals surface area contributed by atoms with Gasteiger partial charge in [-0.25, -0.2) is 0 Å². The van der Waals surface area contributed by atoms with E-state index in [1.807, 2.05) is 59.4 Å². The Labute approximate surface area is 158 Å². The molecular weight excluding hydrogens is 340 g/mol. The van der Waals surface area contributed by atoms with Gasteiger partial charge in [-0.15, -0.1) is 10.2 Å². The number of nitrogens with zero attached hydrogens (tertiary/aromatic N) is 3. The van der Waals surface area contributed by atoms with E-state index in [-0.39, 0.29) is 11.8 Å². The van der Waals surface area contributed by atoms with Crippen LogP contribution in [0.1, 0.15) is 32.1 Å². The minimum absolute atomic E-state index is 0.120. The summed E-state index contributed by atoms with van der Waals surface area (Å²) in [6, 6.07) is 14.8. The van der Waals surface area contributed by atoms with Gasteiger partial charge in [0, 0.05) is 30.1 Å². The van der Waals surface area contributed by atoms with E-state index >= 15 is 0 Å². The lowest BCUT2D eigenvalue weighted by molar-refractivity contribution is -0.120. The molecule has 6 nitrogen and oxygen atoms in total. The van der Waals surface area contributed by atoms with E-state index < -0.39 is 0 Å². The van der Waals surface area contributed by atoms with Gasteiger partial charge in [-0.05, 0) is 55.3 Å². The number of aromatic nitrogens is 3. The van der Waals surface area contributed by atoms with Crippen LogP contribution in [0.15, 0.2) is 60.9 Å². The second-order valence-electron chi connectivity index (χ2n) is 6.77. The molecule has 0 atom stereocenters. The van der Waals surface area contributed by atoms with Gasteiger partial charge in [0.05, 0.1) is 0 Å². The molecule has 1 saturated carbocycles. The maximum Gasteiger partial charge on any atom is 0.238 e. The number of amides is 1. The third-order valence-corrected chi connectivity index (χ3v) is 4.82. The number of benzene rings is 1. The van der Waals surface area contributed by atoms with Crippen LogP contribution in [-0.2, 0) is 4.79 Å². The number of carbonyl (C=O) groups is 1. The van der Waals surface area contributed by atoms with Crippen molar-refractivity contribution < 1.29 is 9.53 Å². The second-order valence-corrected chi connectivity index (χ2v) is 6.77. The zero-order valence-corrected chi connectivity index (χ0v) is 15.0. The summed E-state index contributed by atoms with van der Waals surface area (Å²) in [5, 5.41) is 11.3. The molecule has 3 aromatic rings. The van der Waals surface area contributed by atoms with Crippen molar-refractivity contribution >= 4 is 11.6 Å². The number of carbonyl (C=O) groups excluding carboxylic acids is 1. The first kappa shape index (κ1) is 17.3. The van der Waals surface area contributed by atoms with Crippen molar-refractivity contribution in [1.82, 2.24) is 14.8 Å². The van der Waals surface area contributed by atoms with Crippen LogP contribution < -0.4 is 10.1 Å². The molecule has 1 aromatic carbocycles. The Morgan fingerprint density at radius 1 is 0.963 bits per heavy atom. The minimum atomic E-state index is 0.120. The zero-order valence-electron chi connectivity index (χ0n) is 15.0. The number of rotatable bonds is 5. The first-order valence-electron chi connectivity index (χ1n) is 9.34. The molecule has 1 aliphatic carbocycles. The molecule has 0 saturated heterocycles. The SMILES string of the molecule is O=C(Nc1ccc(Oc2ccc(-n3cccc3)nn2)cc1)C1CCCCC1. The van der Waals surface area contributed by atoms with Gasteiger partial charge >= 0.3 is 0 Å². The molecule has 138 valence electrons. The van der Waals surface area contributed by atoms with E-state index in [1.54, 1.807) is 6.07 Å². The van der Waals surface area contributed by atoms with Crippen LogP contribution in [0.4, 0.5) is 5.69 Å². The molecule has 1 aliphatic rings. The van der Waals surface area contributed by atoms with Gasteiger partial charge in [0.2, 0.25) is 11.8 Å². The standard InChI is InChI=1S/C21H22N4O2/c26-21(16-6-2-1-3-7-16)22-17-8-10-18(11-9-17)27-20-13-12-19(23-24-20)25-14-4-5-15-25/h4-5,8-16H,1-3,6-7H2,(H,22,26). The molecule has 0 unspecified atom stereocenters. The molecule has 2 aromatic heterocycles. The van der Waals surface area contributed by atoms with Crippen molar-refractivity contribution in [2.45, 2.75) is 32.1 Å². The Morgan fingerprint density at radius 3 is 2.37 bits per heavy atom. The van der Waals surface area contributed by atoms with E-state index in [4.69, 9.17) is 4.74 Å². The number of hydrogen-bond acceptors (Lipinski definition) is 4. The molecule has 6 heteroatoms. The zero-order chi connectivity index (χ0) is 18.5. The van der Waals surface area contributed by atoms with Gasteiger partial charge in [0.25, 0.3) is 0 Å². The summed E-state index contributed by atoms with van der Waals surface area (Å²) >= 11 is 0. The van der Waals surface area contributed by atoms with Crippen LogP contribution in [0.2, 0.25) is 0 Å². The maximum absolute atomic E-state index is 12.3. The van der Waals surface area contributed by atoms with Crippen molar-refractivity contribution in [2.24, 2.45) is 5.92 Å². The van der Waals surface area contributed by atoms with Crippen molar-refractivity contribution in [3.63, 3.8) is 0 Å². The number of hydrogen-bond donors (Lipinski definition) is 1. The van der Waals surface area contributed by atoms with Crippen LogP contribution in [0.25, 0.3) is 5.82 Å². The molecule has 0 aliphatic heterocycles. The van der Waals surface area contributed by atoms with Crippen molar-refractivity contribution in [2.75, 3.05) is 5.32 Å². The number of ether oxygens (including phenoxy) is 1. The fraction of sp³-hybridized carbons (Fsp3) is 0.286. The average Bonchev–Trinajstić information content (AvgIpc) is 3.26. The fourth-order valence-electron chi connectivity index (χ4n) is 3.33. The van der Waals surface area contributed by atoms with Crippen LogP contribution in [-0.4, -0.2) is 20.7 Å². The largest absolute Gasteiger partial charge is 0.438 e. The summed E-state index contributed by atoms with van der Waals surface area (Å²) in [6.07, 6.45) is 9.33. The smallest absolute Gasteiger partial charge is 0.238 e. The molecule has 0 bridgehead atoms. The summed E-state index contributed by atoms with van der Waals surface area (Å²) in [5.74, 6) is 2.06. The van der Waals surface area contributed by atoms with Crippen molar-refractivity contribution in [3.8, 4) is 17.4 Å². The van der Waals surface area contributed by atoms with E-state index in [9.17, 15) is 4.79 Å². The van der Waals surface area contributed by atoms with Gasteiger partial charge in [-0.1, -0.05) is 19.3 Å². The minimum Gasteiger partial charge on any atom is -0.438 e. The van der Waals surface area contributed by atoms with Crippen LogP contribution in [0, 0.1) is 5.92 Å². The molecule has 0 radical (unpaired) electrons. The van der Waals surface area contributed by atoms with E-state index in [2.05, 4.69) is 15.5 Å². The Bertz CT molecular complexity index is 868. The lowest BCUT2D eigenvalue weighted by Crippen LogP contribution is -2.24. The van der Waals surface area contributed by atoms with Crippen LogP contribution in [0.5, 0.6) is 11.6 Å². The normalized spacial score (nSPS) is 14.7. The highest BCUT2D eigenvalue weighted by atomic mass is 16.5. The van der Waals surface area contributed by atoms with E-state index in [1.165, 1.54) is 6.42 Å². The Balaban J connectivity index is 1.35. The fourth-order valence-corrected chi connectivity index (χ4v) is 3.33. The topological polar surface area (TPSA) is 69.0 Å². The lowest BCUT2D eigenvalue weighted by Gasteiger charge is -2.20. The summed E-state index contributed by atoms with van der Waals surface area (Å²) in [7, 11) is 0. The van der Waals surface area contributed by atoms with E-state index in [0.717, 1.165) is 37.2 Å². The highest BCUT2D eigenvalue weighted by molar-refractivity contribution is 5.92. The average molecular weight is 362 g/mol. The first-order chi connectivity index (χ1) is 13.3. The quantitative estimate of drug-likeness (QED) is 0.721. The summed E-state index contributed by atoms with van der Waals surface area (Å²) < 4.78 is 7.61. The van der Waals surface area contributed by atoms with E-state index in [0.29, 0.717) is 11.6 Å². The van der Waals surface area contributed by atoms with Gasteiger partial charge in [0.1, 0.15) is 5.75 Å². The van der Waals surface area contributed by atoms with Crippen LogP contribution >= 0.6 is 0 Å². The Hall–Kier alpha value is -3.15. The molecule has 1 N–H and O–H groups in total. The molecule has 4 rings (SSSR count). The number of anilines is 1. The summed E-state index contributed by atoms with van der Waals surface area (Å²) in [5.41, 5.74) is 0.784. The Kier molecular flexibility index (Phi) is 5.14. The summed E-state index contributed by atoms with van der Waals surface area (Å²) in [6.45, 7) is 0. The highest BCUT2D eigenvalue weighted by Crippen LogP contribution is 2.26. The third kappa shape index (κ3) is 4.34. The first-order valence-corrected chi connectivity index (χ1v) is 9.34. The Morgan fingerprint density at radius 2 is 1.70 bits per heavy atom. The molecule has 27 heavy (non-hydrogen) atoms. The third-order valence-electron chi connectivity index (χ3n) is 4.82. The van der Waals surface area contributed by atoms with Gasteiger partial charge in [-0.3, -0.25) is 4.79 Å². The van der Waals surface area contributed by atoms with Gasteiger partial charge in [-0.2, -0.15) is 0 Å². The molecule has 1 fully saturated rings. The molecule has 2 heterocycles. The van der Waals surface area contributed by atoms with Gasteiger partial charge < -0.3 is 14.6 Å². The van der Waals surface area contributed by atoms with Crippen molar-refractivity contribution in [1.29, 1.82) is 0 Å². The molecular formula is C21H22N4O2. The highest BCUT2D eigenvalue weighted by Gasteiger charge is 2.20.